The predicted octanol–water partition coefficient (Wildman–Crippen LogP) is 2.98. The molecule has 1 aliphatic rings. The Labute approximate surface area is 106 Å². The summed E-state index contributed by atoms with van der Waals surface area (Å²) in [5.74, 6) is 1.53. The SMILES string of the molecule is CC1=CC(C)CC(CNCC(C)(C)CCO)C1. The standard InChI is InChI=1S/C15H29NO/c1-12-7-13(2)9-14(8-12)10-16-11-15(3,4)5-6-17/h7,12,14,16-17H,5-6,8-11H2,1-4H3. The molecule has 0 amide bonds. The molecule has 100 valence electrons. The highest BCUT2D eigenvalue weighted by Gasteiger charge is 2.20. The second-order valence-electron chi connectivity index (χ2n) is 6.56. The molecule has 0 radical (unpaired) electrons. The van der Waals surface area contributed by atoms with Crippen molar-refractivity contribution in [3.63, 3.8) is 0 Å². The van der Waals surface area contributed by atoms with E-state index < -0.39 is 0 Å². The van der Waals surface area contributed by atoms with Gasteiger partial charge in [0.05, 0.1) is 0 Å². The molecule has 2 heteroatoms. The Hall–Kier alpha value is -0.340. The molecular formula is C15H29NO. The fourth-order valence-electron chi connectivity index (χ4n) is 2.85. The van der Waals surface area contributed by atoms with Gasteiger partial charge in [-0.3, -0.25) is 0 Å². The molecular weight excluding hydrogens is 210 g/mol. The first-order valence-electron chi connectivity index (χ1n) is 6.92. The van der Waals surface area contributed by atoms with E-state index in [4.69, 9.17) is 5.11 Å². The predicted molar refractivity (Wildman–Crippen MR) is 74.0 cm³/mol. The maximum absolute atomic E-state index is 8.98. The van der Waals surface area contributed by atoms with Gasteiger partial charge in [0, 0.05) is 13.2 Å². The van der Waals surface area contributed by atoms with Crippen LogP contribution in [0.5, 0.6) is 0 Å². The third-order valence-electron chi connectivity index (χ3n) is 3.71. The summed E-state index contributed by atoms with van der Waals surface area (Å²) in [6.07, 6.45) is 5.84. The lowest BCUT2D eigenvalue weighted by Crippen LogP contribution is -2.34. The van der Waals surface area contributed by atoms with Gasteiger partial charge < -0.3 is 10.4 Å². The Morgan fingerprint density at radius 2 is 2.18 bits per heavy atom. The van der Waals surface area contributed by atoms with Crippen molar-refractivity contribution in [3.05, 3.63) is 11.6 Å². The average Bonchev–Trinajstić information content (AvgIpc) is 2.15. The molecule has 17 heavy (non-hydrogen) atoms. The van der Waals surface area contributed by atoms with Gasteiger partial charge in [-0.15, -0.1) is 0 Å². The highest BCUT2D eigenvalue weighted by atomic mass is 16.3. The van der Waals surface area contributed by atoms with Crippen molar-refractivity contribution in [3.8, 4) is 0 Å². The minimum absolute atomic E-state index is 0.208. The second-order valence-corrected chi connectivity index (χ2v) is 6.56. The fraction of sp³-hybridized carbons (Fsp3) is 0.867. The minimum Gasteiger partial charge on any atom is -0.396 e. The van der Waals surface area contributed by atoms with Crippen LogP contribution in [-0.4, -0.2) is 24.8 Å². The summed E-state index contributed by atoms with van der Waals surface area (Å²) in [5, 5.41) is 12.6. The van der Waals surface area contributed by atoms with E-state index in [2.05, 4.69) is 39.1 Å². The molecule has 2 N–H and O–H groups in total. The van der Waals surface area contributed by atoms with Crippen LogP contribution in [0.2, 0.25) is 0 Å². The van der Waals surface area contributed by atoms with Crippen molar-refractivity contribution in [2.75, 3.05) is 19.7 Å². The van der Waals surface area contributed by atoms with Crippen LogP contribution in [0.3, 0.4) is 0 Å². The number of aliphatic hydroxyl groups is 1. The number of nitrogens with one attached hydrogen (secondary N) is 1. The first-order chi connectivity index (χ1) is 7.93. The molecule has 0 bridgehead atoms. The number of hydrogen-bond donors (Lipinski definition) is 2. The summed E-state index contributed by atoms with van der Waals surface area (Å²) < 4.78 is 0. The maximum Gasteiger partial charge on any atom is 0.0436 e. The zero-order chi connectivity index (χ0) is 12.9. The third kappa shape index (κ3) is 5.69. The Balaban J connectivity index is 2.25. The minimum atomic E-state index is 0.208. The number of hydrogen-bond acceptors (Lipinski definition) is 2. The van der Waals surface area contributed by atoms with Crippen LogP contribution < -0.4 is 5.32 Å². The zero-order valence-corrected chi connectivity index (χ0v) is 11.9. The molecule has 0 aromatic carbocycles. The van der Waals surface area contributed by atoms with Crippen LogP contribution in [0, 0.1) is 17.3 Å². The van der Waals surface area contributed by atoms with Gasteiger partial charge in [0.1, 0.15) is 0 Å². The molecule has 2 atom stereocenters. The van der Waals surface area contributed by atoms with Crippen LogP contribution in [-0.2, 0) is 0 Å². The number of aliphatic hydroxyl groups excluding tert-OH is 1. The topological polar surface area (TPSA) is 32.3 Å². The van der Waals surface area contributed by atoms with Crippen LogP contribution in [0.25, 0.3) is 0 Å². The van der Waals surface area contributed by atoms with Gasteiger partial charge in [-0.1, -0.05) is 32.4 Å². The van der Waals surface area contributed by atoms with Gasteiger partial charge in [-0.25, -0.2) is 0 Å². The summed E-state index contributed by atoms with van der Waals surface area (Å²) in [5.41, 5.74) is 1.75. The van der Waals surface area contributed by atoms with Crippen LogP contribution in [0.4, 0.5) is 0 Å². The summed E-state index contributed by atoms with van der Waals surface area (Å²) in [6.45, 7) is 11.4. The van der Waals surface area contributed by atoms with E-state index in [0.717, 1.165) is 31.3 Å². The Morgan fingerprint density at radius 3 is 2.76 bits per heavy atom. The van der Waals surface area contributed by atoms with Crippen LogP contribution in [0.15, 0.2) is 11.6 Å². The van der Waals surface area contributed by atoms with Gasteiger partial charge in [-0.2, -0.15) is 0 Å². The first kappa shape index (κ1) is 14.7. The first-order valence-corrected chi connectivity index (χ1v) is 6.92. The summed E-state index contributed by atoms with van der Waals surface area (Å²) >= 11 is 0. The molecule has 2 nitrogen and oxygen atoms in total. The van der Waals surface area contributed by atoms with E-state index in [1.165, 1.54) is 12.8 Å². The lowest BCUT2D eigenvalue weighted by Gasteiger charge is -2.29. The van der Waals surface area contributed by atoms with E-state index in [1.54, 1.807) is 5.57 Å². The van der Waals surface area contributed by atoms with E-state index >= 15 is 0 Å². The lowest BCUT2D eigenvalue weighted by atomic mass is 9.83. The molecule has 0 heterocycles. The van der Waals surface area contributed by atoms with Crippen molar-refractivity contribution >= 4 is 0 Å². The Kier molecular flexibility index (Phi) is 5.68. The average molecular weight is 239 g/mol. The van der Waals surface area contributed by atoms with Gasteiger partial charge >= 0.3 is 0 Å². The molecule has 0 saturated heterocycles. The van der Waals surface area contributed by atoms with Crippen molar-refractivity contribution in [1.29, 1.82) is 0 Å². The molecule has 0 fully saturated rings. The molecule has 0 saturated carbocycles. The Morgan fingerprint density at radius 1 is 1.47 bits per heavy atom. The van der Waals surface area contributed by atoms with E-state index in [0.29, 0.717) is 0 Å². The monoisotopic (exact) mass is 239 g/mol. The quantitative estimate of drug-likeness (QED) is 0.698. The normalized spacial score (nSPS) is 25.8. The summed E-state index contributed by atoms with van der Waals surface area (Å²) in [7, 11) is 0. The molecule has 0 aliphatic heterocycles. The number of rotatable bonds is 6. The van der Waals surface area contributed by atoms with Gasteiger partial charge in [-0.05, 0) is 50.0 Å². The van der Waals surface area contributed by atoms with Crippen molar-refractivity contribution in [1.82, 2.24) is 5.32 Å². The Bertz CT molecular complexity index is 258. The highest BCUT2D eigenvalue weighted by molar-refractivity contribution is 5.06. The molecule has 0 spiro atoms. The van der Waals surface area contributed by atoms with E-state index in [-0.39, 0.29) is 12.0 Å². The maximum atomic E-state index is 8.98. The molecule has 2 unspecified atom stereocenters. The number of allylic oxidation sites excluding steroid dienone is 2. The summed E-state index contributed by atoms with van der Waals surface area (Å²) in [4.78, 5) is 0. The van der Waals surface area contributed by atoms with Crippen LogP contribution in [0.1, 0.15) is 47.0 Å². The highest BCUT2D eigenvalue weighted by Crippen LogP contribution is 2.27. The van der Waals surface area contributed by atoms with E-state index in [9.17, 15) is 0 Å². The van der Waals surface area contributed by atoms with Gasteiger partial charge in [0.15, 0.2) is 0 Å². The smallest absolute Gasteiger partial charge is 0.0436 e. The van der Waals surface area contributed by atoms with Gasteiger partial charge in [0.25, 0.3) is 0 Å². The lowest BCUT2D eigenvalue weighted by molar-refractivity contribution is 0.204. The van der Waals surface area contributed by atoms with Crippen molar-refractivity contribution in [2.24, 2.45) is 17.3 Å². The molecule has 1 rings (SSSR count). The largest absolute Gasteiger partial charge is 0.396 e. The molecule has 1 aliphatic carbocycles. The van der Waals surface area contributed by atoms with Crippen LogP contribution >= 0.6 is 0 Å². The molecule has 0 aromatic heterocycles. The summed E-state index contributed by atoms with van der Waals surface area (Å²) in [6, 6.07) is 0. The van der Waals surface area contributed by atoms with E-state index in [1.807, 2.05) is 0 Å². The van der Waals surface area contributed by atoms with Gasteiger partial charge in [0.2, 0.25) is 0 Å². The van der Waals surface area contributed by atoms with Crippen molar-refractivity contribution < 1.29 is 5.11 Å². The zero-order valence-electron chi connectivity index (χ0n) is 11.9. The second kappa shape index (κ2) is 6.55. The third-order valence-corrected chi connectivity index (χ3v) is 3.71. The fourth-order valence-corrected chi connectivity index (χ4v) is 2.85. The van der Waals surface area contributed by atoms with Crippen molar-refractivity contribution in [2.45, 2.75) is 47.0 Å². The molecule has 0 aromatic rings.